The summed E-state index contributed by atoms with van der Waals surface area (Å²) in [5.74, 6) is -5.27. The van der Waals surface area contributed by atoms with E-state index in [-0.39, 0.29) is 41.2 Å². The Morgan fingerprint density at radius 2 is 1.54 bits per heavy atom. The van der Waals surface area contributed by atoms with E-state index >= 15 is 13.2 Å². The zero-order valence-corrected chi connectivity index (χ0v) is 26.1. The minimum absolute atomic E-state index is 0.00156. The summed E-state index contributed by atoms with van der Waals surface area (Å²) < 4.78 is 48.8. The van der Waals surface area contributed by atoms with Crippen LogP contribution in [0.15, 0.2) is 103 Å². The number of hydrogen-bond acceptors (Lipinski definition) is 4. The van der Waals surface area contributed by atoms with Crippen LogP contribution < -0.4 is 4.90 Å². The van der Waals surface area contributed by atoms with Gasteiger partial charge in [-0.2, -0.15) is 0 Å². The van der Waals surface area contributed by atoms with Crippen LogP contribution in [0.4, 0.5) is 18.9 Å². The Kier molecular flexibility index (Phi) is 8.04. The summed E-state index contributed by atoms with van der Waals surface area (Å²) in [5.41, 5.74) is 2.18. The first-order valence-corrected chi connectivity index (χ1v) is 15.6. The van der Waals surface area contributed by atoms with Crippen LogP contribution in [0.5, 0.6) is 0 Å². The molecule has 0 fully saturated rings. The Bertz CT molecular complexity index is 2130. The number of benzene rings is 4. The maximum Gasteiger partial charge on any atom is 0.243 e. The average molecular weight is 649 g/mol. The van der Waals surface area contributed by atoms with Crippen LogP contribution in [0.2, 0.25) is 0 Å². The SMILES string of the molecule is CC(C)N(Cc1ccccc1)C(=O)CN1C(=O)C(C(F)c2c[nH]c3ccccc23)c2nnc(-c3ccccc3)n2-c2cc(F)c(F)cc21. The lowest BCUT2D eigenvalue weighted by atomic mass is 9.94. The summed E-state index contributed by atoms with van der Waals surface area (Å²) in [6.45, 7) is 3.38. The third-order valence-electron chi connectivity index (χ3n) is 8.72. The number of para-hydroxylation sites is 1. The fourth-order valence-corrected chi connectivity index (χ4v) is 6.31. The van der Waals surface area contributed by atoms with Crippen molar-refractivity contribution in [3.63, 3.8) is 0 Å². The van der Waals surface area contributed by atoms with Crippen LogP contribution in [0.1, 0.15) is 42.9 Å². The molecule has 0 bridgehead atoms. The zero-order chi connectivity index (χ0) is 33.5. The van der Waals surface area contributed by atoms with Gasteiger partial charge in [-0.05, 0) is 25.5 Å². The van der Waals surface area contributed by atoms with Crippen LogP contribution in [-0.4, -0.2) is 49.0 Å². The van der Waals surface area contributed by atoms with Crippen LogP contribution in [0, 0.1) is 11.6 Å². The molecule has 0 saturated carbocycles. The molecular weight excluding hydrogens is 617 g/mol. The average Bonchev–Trinajstić information content (AvgIpc) is 3.71. The second-order valence-electron chi connectivity index (χ2n) is 12.0. The summed E-state index contributed by atoms with van der Waals surface area (Å²) in [6, 6.07) is 26.8. The number of nitrogens with one attached hydrogen (secondary N) is 1. The number of rotatable bonds is 8. The van der Waals surface area contributed by atoms with E-state index < -0.39 is 42.1 Å². The highest BCUT2D eigenvalue weighted by molar-refractivity contribution is 6.05. The van der Waals surface area contributed by atoms with E-state index in [2.05, 4.69) is 15.2 Å². The normalized spacial score (nSPS) is 14.9. The summed E-state index contributed by atoms with van der Waals surface area (Å²) in [4.78, 5) is 34.6. The molecule has 0 saturated heterocycles. The molecule has 7 rings (SSSR count). The Hall–Kier alpha value is -5.71. The maximum absolute atomic E-state index is 17.2. The van der Waals surface area contributed by atoms with E-state index in [1.165, 1.54) is 10.8 Å². The molecule has 1 N–H and O–H groups in total. The summed E-state index contributed by atoms with van der Waals surface area (Å²) in [7, 11) is 0. The molecule has 4 aromatic carbocycles. The van der Waals surface area contributed by atoms with Crippen molar-refractivity contribution >= 4 is 28.4 Å². The Morgan fingerprint density at radius 1 is 0.896 bits per heavy atom. The lowest BCUT2D eigenvalue weighted by Gasteiger charge is -2.31. The number of hydrogen-bond donors (Lipinski definition) is 1. The summed E-state index contributed by atoms with van der Waals surface area (Å²) in [5, 5.41) is 9.21. The van der Waals surface area contributed by atoms with Crippen molar-refractivity contribution in [2.75, 3.05) is 11.4 Å². The van der Waals surface area contributed by atoms with Crippen LogP contribution in [0.3, 0.4) is 0 Å². The van der Waals surface area contributed by atoms with E-state index in [0.29, 0.717) is 16.5 Å². The molecule has 48 heavy (non-hydrogen) atoms. The lowest BCUT2D eigenvalue weighted by molar-refractivity contribution is -0.134. The van der Waals surface area contributed by atoms with E-state index in [1.807, 2.05) is 44.2 Å². The standard InChI is InChI=1S/C37H31F3N6O2/c1-22(2)44(20-23-11-5-3-6-12-23)32(47)21-45-30-17-27(38)28(39)18-31(30)46-35(24-13-7-4-8-14-24)42-43-36(46)33(37(45)48)34(40)26-19-41-29-16-10-9-15-25(26)29/h3-19,22,33-34,41H,20-21H2,1-2H3. The molecule has 242 valence electrons. The maximum atomic E-state index is 17.2. The highest BCUT2D eigenvalue weighted by Crippen LogP contribution is 2.45. The summed E-state index contributed by atoms with van der Waals surface area (Å²) in [6.07, 6.45) is -0.485. The van der Waals surface area contributed by atoms with E-state index in [0.717, 1.165) is 22.6 Å². The Morgan fingerprint density at radius 3 is 2.25 bits per heavy atom. The van der Waals surface area contributed by atoms with Gasteiger partial charge in [-0.25, -0.2) is 13.2 Å². The Balaban J connectivity index is 1.41. The highest BCUT2D eigenvalue weighted by atomic mass is 19.2. The van der Waals surface area contributed by atoms with Gasteiger partial charge < -0.3 is 14.8 Å². The number of carbonyl (C=O) groups is 2. The molecule has 1 aliphatic heterocycles. The van der Waals surface area contributed by atoms with Crippen molar-refractivity contribution in [1.29, 1.82) is 0 Å². The predicted molar refractivity (Wildman–Crippen MR) is 176 cm³/mol. The third-order valence-corrected chi connectivity index (χ3v) is 8.72. The smallest absolute Gasteiger partial charge is 0.243 e. The number of halogens is 3. The van der Waals surface area contributed by atoms with Crippen LogP contribution >= 0.6 is 0 Å². The van der Waals surface area contributed by atoms with Crippen LogP contribution in [-0.2, 0) is 16.1 Å². The van der Waals surface area contributed by atoms with Gasteiger partial charge in [0.05, 0.1) is 11.4 Å². The molecule has 6 aromatic rings. The van der Waals surface area contributed by atoms with Crippen molar-refractivity contribution in [3.8, 4) is 17.1 Å². The quantitative estimate of drug-likeness (QED) is 0.188. The number of fused-ring (bicyclic) bond motifs is 4. The number of carbonyl (C=O) groups excluding carboxylic acids is 2. The minimum Gasteiger partial charge on any atom is -0.361 e. The molecule has 2 unspecified atom stereocenters. The number of aromatic nitrogens is 4. The fraction of sp³-hybridized carbons (Fsp3) is 0.189. The number of amides is 2. The molecule has 3 heterocycles. The number of nitrogens with zero attached hydrogens (tertiary/aromatic N) is 5. The molecular formula is C37H31F3N6O2. The van der Waals surface area contributed by atoms with Gasteiger partial charge >= 0.3 is 0 Å². The molecule has 2 amide bonds. The lowest BCUT2D eigenvalue weighted by Crippen LogP contribution is -2.47. The molecule has 0 spiro atoms. The van der Waals surface area contributed by atoms with Gasteiger partial charge in [-0.15, -0.1) is 10.2 Å². The number of anilines is 1. The molecule has 0 radical (unpaired) electrons. The minimum atomic E-state index is -1.98. The first kappa shape index (κ1) is 30.9. The second kappa shape index (κ2) is 12.5. The van der Waals surface area contributed by atoms with Gasteiger partial charge in [0.2, 0.25) is 11.8 Å². The van der Waals surface area contributed by atoms with Gasteiger partial charge in [-0.1, -0.05) is 78.9 Å². The molecule has 11 heteroatoms. The second-order valence-corrected chi connectivity index (χ2v) is 12.0. The predicted octanol–water partition coefficient (Wildman–Crippen LogP) is 7.27. The van der Waals surface area contributed by atoms with Crippen LogP contribution in [0.25, 0.3) is 28.0 Å². The first-order valence-electron chi connectivity index (χ1n) is 15.6. The molecule has 8 nitrogen and oxygen atoms in total. The third kappa shape index (κ3) is 5.40. The van der Waals surface area contributed by atoms with Gasteiger partial charge in [-0.3, -0.25) is 14.2 Å². The van der Waals surface area contributed by atoms with Gasteiger partial charge in [0.25, 0.3) is 0 Å². The monoisotopic (exact) mass is 648 g/mol. The number of H-pyrrole nitrogens is 1. The highest BCUT2D eigenvalue weighted by Gasteiger charge is 2.45. The van der Waals surface area contributed by atoms with Crippen molar-refractivity contribution < 1.29 is 22.8 Å². The number of alkyl halides is 1. The van der Waals surface area contributed by atoms with E-state index in [1.54, 1.807) is 59.5 Å². The molecule has 0 aliphatic carbocycles. The first-order chi connectivity index (χ1) is 23.2. The largest absolute Gasteiger partial charge is 0.361 e. The fourth-order valence-electron chi connectivity index (χ4n) is 6.31. The van der Waals surface area contributed by atoms with Gasteiger partial charge in [0.15, 0.2) is 23.3 Å². The molecule has 2 aromatic heterocycles. The van der Waals surface area contributed by atoms with Gasteiger partial charge in [0.1, 0.15) is 18.6 Å². The number of aromatic amines is 1. The van der Waals surface area contributed by atoms with E-state index in [9.17, 15) is 9.59 Å². The Labute approximate surface area is 274 Å². The van der Waals surface area contributed by atoms with Crippen molar-refractivity contribution in [2.45, 2.75) is 38.5 Å². The van der Waals surface area contributed by atoms with Crippen molar-refractivity contribution in [3.05, 3.63) is 132 Å². The van der Waals surface area contributed by atoms with Gasteiger partial charge in [0, 0.05) is 52.9 Å². The topological polar surface area (TPSA) is 87.1 Å². The van der Waals surface area contributed by atoms with E-state index in [4.69, 9.17) is 0 Å². The molecule has 2 atom stereocenters. The zero-order valence-electron chi connectivity index (χ0n) is 26.1. The molecule has 1 aliphatic rings. The van der Waals surface area contributed by atoms with Crippen molar-refractivity contribution in [1.82, 2.24) is 24.6 Å². The van der Waals surface area contributed by atoms with Crippen molar-refractivity contribution in [2.24, 2.45) is 0 Å². The summed E-state index contributed by atoms with van der Waals surface area (Å²) >= 11 is 0.